The van der Waals surface area contributed by atoms with Gasteiger partial charge in [0.1, 0.15) is 5.75 Å². The van der Waals surface area contributed by atoms with Crippen LogP contribution >= 0.6 is 0 Å². The number of rotatable bonds is 4. The smallest absolute Gasteiger partial charge is 0.169 e. The van der Waals surface area contributed by atoms with Crippen LogP contribution in [0.4, 0.5) is 0 Å². The lowest BCUT2D eigenvalue weighted by Gasteiger charge is -2.08. The van der Waals surface area contributed by atoms with Crippen molar-refractivity contribution in [1.29, 1.82) is 0 Å². The van der Waals surface area contributed by atoms with Crippen LogP contribution in [0.1, 0.15) is 5.56 Å². The fourth-order valence-electron chi connectivity index (χ4n) is 1.48. The number of phenolic OH excluding ortho intramolecular Hbond substituents is 1. The minimum Gasteiger partial charge on any atom is -0.504 e. The summed E-state index contributed by atoms with van der Waals surface area (Å²) < 4.78 is 5.52. The zero-order valence-corrected chi connectivity index (χ0v) is 9.52. The van der Waals surface area contributed by atoms with Crippen LogP contribution in [0, 0.1) is 0 Å². The summed E-state index contributed by atoms with van der Waals surface area (Å²) in [7, 11) is 0. The number of hydrogen-bond donors (Lipinski definition) is 1. The zero-order valence-electron chi connectivity index (χ0n) is 9.52. The second kappa shape index (κ2) is 5.61. The Morgan fingerprint density at radius 2 is 1.94 bits per heavy atom. The molecule has 18 heavy (non-hydrogen) atoms. The largest absolute Gasteiger partial charge is 0.504 e. The van der Waals surface area contributed by atoms with Crippen molar-refractivity contribution < 1.29 is 9.84 Å². The van der Waals surface area contributed by atoms with E-state index in [1.54, 1.807) is 24.3 Å². The number of hydrogen-bond acceptors (Lipinski definition) is 3. The van der Waals surface area contributed by atoms with Gasteiger partial charge in [0.2, 0.25) is 0 Å². The molecule has 1 N–H and O–H groups in total. The zero-order chi connectivity index (χ0) is 12.8. The van der Waals surface area contributed by atoms with Crippen LogP contribution in [0.2, 0.25) is 0 Å². The lowest BCUT2D eigenvalue weighted by molar-refractivity contribution is 0.410. The average molecular weight is 241 g/mol. The van der Waals surface area contributed by atoms with E-state index >= 15 is 0 Å². The Morgan fingerprint density at radius 3 is 2.61 bits per heavy atom. The molecule has 0 saturated heterocycles. The number of phenols is 1. The summed E-state index contributed by atoms with van der Waals surface area (Å²) in [5.74, 6) is 1.03. The first-order valence-electron chi connectivity index (χ1n) is 5.35. The lowest BCUT2D eigenvalue weighted by atomic mass is 10.2. The van der Waals surface area contributed by atoms with Crippen molar-refractivity contribution in [1.82, 2.24) is 0 Å². The topological polar surface area (TPSA) is 78.2 Å². The lowest BCUT2D eigenvalue weighted by Crippen LogP contribution is -1.86. The molecule has 0 fully saturated rings. The number of para-hydroxylation sites is 1. The predicted octanol–water partition coefficient (Wildman–Crippen LogP) is 3.99. The van der Waals surface area contributed by atoms with E-state index in [2.05, 4.69) is 10.0 Å². The summed E-state index contributed by atoms with van der Waals surface area (Å²) in [5, 5.41) is 13.2. The van der Waals surface area contributed by atoms with Crippen molar-refractivity contribution in [2.24, 2.45) is 5.11 Å². The van der Waals surface area contributed by atoms with Gasteiger partial charge in [-0.1, -0.05) is 29.4 Å². The van der Waals surface area contributed by atoms with Crippen LogP contribution in [0.15, 0.2) is 53.6 Å². The van der Waals surface area contributed by atoms with Crippen LogP contribution in [-0.2, 0) is 6.54 Å². The number of benzene rings is 2. The van der Waals surface area contributed by atoms with Gasteiger partial charge in [0.25, 0.3) is 0 Å². The molecule has 0 unspecified atom stereocenters. The maximum Gasteiger partial charge on any atom is 0.169 e. The van der Waals surface area contributed by atoms with Gasteiger partial charge in [0.15, 0.2) is 11.5 Å². The second-order valence-electron chi connectivity index (χ2n) is 3.61. The Balaban J connectivity index is 2.17. The van der Waals surface area contributed by atoms with Gasteiger partial charge in [-0.15, -0.1) is 0 Å². The normalized spacial score (nSPS) is 9.56. The molecule has 0 aliphatic rings. The molecule has 0 aliphatic heterocycles. The molecule has 2 aromatic carbocycles. The van der Waals surface area contributed by atoms with Gasteiger partial charge in [0.05, 0.1) is 6.54 Å². The maximum absolute atomic E-state index is 9.79. The molecule has 5 heteroatoms. The fourth-order valence-corrected chi connectivity index (χ4v) is 1.48. The minimum atomic E-state index is 0.0180. The Labute approximate surface area is 104 Å². The molecular formula is C13H11N3O2. The number of nitrogens with zero attached hydrogens (tertiary/aromatic N) is 3. The number of ether oxygens (including phenoxy) is 1. The monoisotopic (exact) mass is 241 g/mol. The Kier molecular flexibility index (Phi) is 3.69. The molecule has 2 aromatic rings. The molecule has 2 rings (SSSR count). The molecule has 0 radical (unpaired) electrons. The summed E-state index contributed by atoms with van der Waals surface area (Å²) >= 11 is 0. The van der Waals surface area contributed by atoms with E-state index in [4.69, 9.17) is 10.3 Å². The molecule has 0 heterocycles. The predicted molar refractivity (Wildman–Crippen MR) is 67.5 cm³/mol. The van der Waals surface area contributed by atoms with E-state index < -0.39 is 0 Å². The average Bonchev–Trinajstić information content (AvgIpc) is 2.40. The highest BCUT2D eigenvalue weighted by Crippen LogP contribution is 2.31. The minimum absolute atomic E-state index is 0.0180. The molecule has 0 spiro atoms. The summed E-state index contributed by atoms with van der Waals surface area (Å²) in [6.07, 6.45) is 0. The van der Waals surface area contributed by atoms with Crippen molar-refractivity contribution >= 4 is 0 Å². The summed E-state index contributed by atoms with van der Waals surface area (Å²) in [4.78, 5) is 2.66. The molecule has 90 valence electrons. The SMILES string of the molecule is [N-]=[N+]=NCc1ccc(Oc2ccccc2)c(O)c1. The molecule has 5 nitrogen and oxygen atoms in total. The van der Waals surface area contributed by atoms with Crippen molar-refractivity contribution in [2.75, 3.05) is 0 Å². The first-order chi connectivity index (χ1) is 8.79. The summed E-state index contributed by atoms with van der Waals surface area (Å²) in [6.45, 7) is 0.204. The van der Waals surface area contributed by atoms with Crippen LogP contribution in [-0.4, -0.2) is 5.11 Å². The molecule has 0 aromatic heterocycles. The maximum atomic E-state index is 9.79. The van der Waals surface area contributed by atoms with Crippen molar-refractivity contribution in [3.8, 4) is 17.2 Å². The van der Waals surface area contributed by atoms with Gasteiger partial charge >= 0.3 is 0 Å². The van der Waals surface area contributed by atoms with Crippen LogP contribution in [0.3, 0.4) is 0 Å². The number of azide groups is 1. The quantitative estimate of drug-likeness (QED) is 0.499. The van der Waals surface area contributed by atoms with E-state index in [1.165, 1.54) is 6.07 Å². The van der Waals surface area contributed by atoms with Gasteiger partial charge in [-0.3, -0.25) is 0 Å². The first kappa shape index (κ1) is 11.8. The van der Waals surface area contributed by atoms with E-state index in [0.29, 0.717) is 11.5 Å². The fraction of sp³-hybridized carbons (Fsp3) is 0.0769. The second-order valence-corrected chi connectivity index (χ2v) is 3.61. The molecule has 0 saturated carbocycles. The van der Waals surface area contributed by atoms with Gasteiger partial charge < -0.3 is 9.84 Å². The van der Waals surface area contributed by atoms with E-state index in [1.807, 2.05) is 18.2 Å². The van der Waals surface area contributed by atoms with Gasteiger partial charge in [0, 0.05) is 4.91 Å². The molecule has 0 aliphatic carbocycles. The summed E-state index contributed by atoms with van der Waals surface area (Å²) in [5.41, 5.74) is 8.94. The Morgan fingerprint density at radius 1 is 1.17 bits per heavy atom. The van der Waals surface area contributed by atoms with Crippen LogP contribution in [0.25, 0.3) is 10.4 Å². The third kappa shape index (κ3) is 2.93. The highest BCUT2D eigenvalue weighted by Gasteiger charge is 2.04. The Hall–Kier alpha value is -2.65. The number of aromatic hydroxyl groups is 1. The molecular weight excluding hydrogens is 230 g/mol. The highest BCUT2D eigenvalue weighted by atomic mass is 16.5. The van der Waals surface area contributed by atoms with Gasteiger partial charge in [-0.2, -0.15) is 0 Å². The van der Waals surface area contributed by atoms with Gasteiger partial charge in [-0.05, 0) is 35.4 Å². The third-order valence-electron chi connectivity index (χ3n) is 2.31. The van der Waals surface area contributed by atoms with Crippen molar-refractivity contribution in [3.05, 3.63) is 64.5 Å². The highest BCUT2D eigenvalue weighted by molar-refractivity contribution is 5.44. The summed E-state index contributed by atoms with van der Waals surface area (Å²) in [6, 6.07) is 14.1. The standard InChI is InChI=1S/C13H11N3O2/c14-16-15-9-10-6-7-13(12(17)8-10)18-11-4-2-1-3-5-11/h1-8,17H,9H2. The van der Waals surface area contributed by atoms with E-state index in [9.17, 15) is 5.11 Å². The van der Waals surface area contributed by atoms with E-state index in [-0.39, 0.29) is 12.3 Å². The van der Waals surface area contributed by atoms with Gasteiger partial charge in [-0.25, -0.2) is 0 Å². The third-order valence-corrected chi connectivity index (χ3v) is 2.31. The molecule has 0 atom stereocenters. The van der Waals surface area contributed by atoms with Crippen molar-refractivity contribution in [2.45, 2.75) is 6.54 Å². The van der Waals surface area contributed by atoms with E-state index in [0.717, 1.165) is 5.56 Å². The first-order valence-corrected chi connectivity index (χ1v) is 5.35. The molecule has 0 amide bonds. The van der Waals surface area contributed by atoms with Crippen LogP contribution in [0.5, 0.6) is 17.2 Å². The van der Waals surface area contributed by atoms with Crippen LogP contribution < -0.4 is 4.74 Å². The Bertz CT molecular complexity index is 578. The molecule has 0 bridgehead atoms. The van der Waals surface area contributed by atoms with Crippen molar-refractivity contribution in [3.63, 3.8) is 0 Å².